The Morgan fingerprint density at radius 1 is 1.33 bits per heavy atom. The quantitative estimate of drug-likeness (QED) is 0.833. The topological polar surface area (TPSA) is 92.8 Å². The summed E-state index contributed by atoms with van der Waals surface area (Å²) < 4.78 is 6.56. The zero-order valence-electron chi connectivity index (χ0n) is 9.28. The average Bonchev–Trinajstić information content (AvgIpc) is 2.90. The highest BCUT2D eigenvalue weighted by molar-refractivity contribution is 5.84. The molecule has 0 aliphatic carbocycles. The maximum absolute atomic E-state index is 11.4. The molecular formula is C11H9N5O2. The highest BCUT2D eigenvalue weighted by Gasteiger charge is 2.03. The number of aromatic nitrogens is 3. The van der Waals surface area contributed by atoms with Crippen LogP contribution in [0.25, 0.3) is 0 Å². The van der Waals surface area contributed by atoms with Crippen molar-refractivity contribution < 1.29 is 9.53 Å². The van der Waals surface area contributed by atoms with Gasteiger partial charge in [-0.3, -0.25) is 10.2 Å². The van der Waals surface area contributed by atoms with Gasteiger partial charge in [-0.25, -0.2) is 4.68 Å². The lowest BCUT2D eigenvalue weighted by molar-refractivity contribution is -0.119. The second-order valence-corrected chi connectivity index (χ2v) is 3.33. The van der Waals surface area contributed by atoms with Gasteiger partial charge in [0.05, 0.1) is 11.6 Å². The predicted octanol–water partition coefficient (Wildman–Crippen LogP) is 0.299. The van der Waals surface area contributed by atoms with Crippen LogP contribution in [0.1, 0.15) is 5.56 Å². The van der Waals surface area contributed by atoms with Crippen molar-refractivity contribution in [1.29, 1.82) is 5.26 Å². The fraction of sp³-hybridized carbons (Fsp3) is 0.0909. The number of nitrogens with zero attached hydrogens (tertiary/aromatic N) is 4. The van der Waals surface area contributed by atoms with Crippen LogP contribution in [0.4, 0.5) is 0 Å². The van der Waals surface area contributed by atoms with Gasteiger partial charge in [0.1, 0.15) is 18.4 Å². The standard InChI is InChI=1S/C11H9N5O2/c12-5-9-1-3-10(4-2-9)18-6-11(17)15-16-7-13-14-8-16/h1-4,7-8H,6H2,(H,15,17). The summed E-state index contributed by atoms with van der Waals surface area (Å²) in [6.07, 6.45) is 2.72. The van der Waals surface area contributed by atoms with E-state index in [0.29, 0.717) is 11.3 Å². The van der Waals surface area contributed by atoms with Gasteiger partial charge in [-0.05, 0) is 24.3 Å². The number of amides is 1. The molecule has 0 aliphatic rings. The molecule has 1 amide bonds. The molecule has 90 valence electrons. The van der Waals surface area contributed by atoms with Gasteiger partial charge < -0.3 is 4.74 Å². The fourth-order valence-corrected chi connectivity index (χ4v) is 1.21. The van der Waals surface area contributed by atoms with Gasteiger partial charge in [0, 0.05) is 0 Å². The number of benzene rings is 1. The van der Waals surface area contributed by atoms with Crippen LogP contribution in [0.15, 0.2) is 36.9 Å². The molecule has 0 unspecified atom stereocenters. The summed E-state index contributed by atoms with van der Waals surface area (Å²) in [6.45, 7) is -0.135. The van der Waals surface area contributed by atoms with Crippen molar-refractivity contribution >= 4 is 5.91 Å². The van der Waals surface area contributed by atoms with Crippen molar-refractivity contribution in [2.75, 3.05) is 12.0 Å². The highest BCUT2D eigenvalue weighted by Crippen LogP contribution is 2.11. The molecule has 0 atom stereocenters. The Labute approximate surface area is 103 Å². The monoisotopic (exact) mass is 243 g/mol. The lowest BCUT2D eigenvalue weighted by Gasteiger charge is -2.06. The summed E-state index contributed by atoms with van der Waals surface area (Å²) in [5, 5.41) is 15.7. The highest BCUT2D eigenvalue weighted by atomic mass is 16.5. The van der Waals surface area contributed by atoms with E-state index in [2.05, 4.69) is 15.6 Å². The van der Waals surface area contributed by atoms with Crippen molar-refractivity contribution in [3.05, 3.63) is 42.5 Å². The lowest BCUT2D eigenvalue weighted by atomic mass is 10.2. The molecule has 1 aromatic heterocycles. The van der Waals surface area contributed by atoms with Crippen LogP contribution < -0.4 is 10.2 Å². The normalized spacial score (nSPS) is 9.50. The third-order valence-corrected chi connectivity index (χ3v) is 2.03. The van der Waals surface area contributed by atoms with Crippen LogP contribution in [-0.4, -0.2) is 27.4 Å². The van der Waals surface area contributed by atoms with E-state index >= 15 is 0 Å². The molecular weight excluding hydrogens is 234 g/mol. The molecule has 7 heteroatoms. The summed E-state index contributed by atoms with van der Waals surface area (Å²) in [4.78, 5) is 11.4. The average molecular weight is 243 g/mol. The van der Waals surface area contributed by atoms with Crippen LogP contribution in [-0.2, 0) is 4.79 Å². The largest absolute Gasteiger partial charge is 0.484 e. The fourth-order valence-electron chi connectivity index (χ4n) is 1.21. The third-order valence-electron chi connectivity index (χ3n) is 2.03. The SMILES string of the molecule is N#Cc1ccc(OCC(=O)Nn2cnnc2)cc1. The van der Waals surface area contributed by atoms with Crippen LogP contribution in [0, 0.1) is 11.3 Å². The Morgan fingerprint density at radius 3 is 2.61 bits per heavy atom. The molecule has 2 rings (SSSR count). The van der Waals surface area contributed by atoms with Gasteiger partial charge in [0.15, 0.2) is 6.61 Å². The molecule has 7 nitrogen and oxygen atoms in total. The van der Waals surface area contributed by atoms with E-state index in [4.69, 9.17) is 10.00 Å². The van der Waals surface area contributed by atoms with Crippen LogP contribution >= 0.6 is 0 Å². The Hall–Kier alpha value is -2.88. The van der Waals surface area contributed by atoms with Crippen molar-refractivity contribution in [3.63, 3.8) is 0 Å². The Kier molecular flexibility index (Phi) is 3.51. The van der Waals surface area contributed by atoms with E-state index in [1.54, 1.807) is 24.3 Å². The lowest BCUT2D eigenvalue weighted by Crippen LogP contribution is -2.26. The summed E-state index contributed by atoms with van der Waals surface area (Å²) >= 11 is 0. The van der Waals surface area contributed by atoms with E-state index in [1.165, 1.54) is 17.3 Å². The van der Waals surface area contributed by atoms with Crippen LogP contribution in [0.3, 0.4) is 0 Å². The number of carbonyl (C=O) groups excluding carboxylic acids is 1. The van der Waals surface area contributed by atoms with Gasteiger partial charge in [-0.1, -0.05) is 0 Å². The van der Waals surface area contributed by atoms with Gasteiger partial charge in [-0.15, -0.1) is 10.2 Å². The maximum Gasteiger partial charge on any atom is 0.276 e. The zero-order chi connectivity index (χ0) is 12.8. The number of carbonyl (C=O) groups is 1. The minimum atomic E-state index is -0.334. The van der Waals surface area contributed by atoms with E-state index in [-0.39, 0.29) is 12.5 Å². The first-order valence-electron chi connectivity index (χ1n) is 5.05. The van der Waals surface area contributed by atoms with E-state index < -0.39 is 0 Å². The molecule has 0 fully saturated rings. The first-order valence-corrected chi connectivity index (χ1v) is 5.05. The smallest absolute Gasteiger partial charge is 0.276 e. The molecule has 0 spiro atoms. The summed E-state index contributed by atoms with van der Waals surface area (Å²) in [5.74, 6) is 0.187. The second kappa shape index (κ2) is 5.45. The summed E-state index contributed by atoms with van der Waals surface area (Å²) in [5.41, 5.74) is 3.03. The van der Waals surface area contributed by atoms with Crippen LogP contribution in [0.2, 0.25) is 0 Å². The molecule has 18 heavy (non-hydrogen) atoms. The van der Waals surface area contributed by atoms with E-state index in [0.717, 1.165) is 0 Å². The molecule has 0 radical (unpaired) electrons. The number of ether oxygens (including phenoxy) is 1. The summed E-state index contributed by atoms with van der Waals surface area (Å²) in [7, 11) is 0. The van der Waals surface area contributed by atoms with Crippen LogP contribution in [0.5, 0.6) is 5.75 Å². The molecule has 1 N–H and O–H groups in total. The molecule has 1 aromatic carbocycles. The van der Waals surface area contributed by atoms with Crippen molar-refractivity contribution in [2.24, 2.45) is 0 Å². The maximum atomic E-state index is 11.4. The molecule has 0 aliphatic heterocycles. The molecule has 2 aromatic rings. The number of hydrogen-bond acceptors (Lipinski definition) is 5. The van der Waals surface area contributed by atoms with Crippen molar-refractivity contribution in [1.82, 2.24) is 14.9 Å². The van der Waals surface area contributed by atoms with Gasteiger partial charge in [-0.2, -0.15) is 5.26 Å². The van der Waals surface area contributed by atoms with E-state index in [9.17, 15) is 4.79 Å². The Bertz CT molecular complexity index is 556. The Balaban J connectivity index is 1.83. The van der Waals surface area contributed by atoms with Crippen molar-refractivity contribution in [3.8, 4) is 11.8 Å². The molecule has 0 saturated heterocycles. The van der Waals surface area contributed by atoms with Crippen molar-refractivity contribution in [2.45, 2.75) is 0 Å². The number of nitrogens with one attached hydrogen (secondary N) is 1. The minimum Gasteiger partial charge on any atom is -0.484 e. The van der Waals surface area contributed by atoms with Gasteiger partial charge in [0.2, 0.25) is 0 Å². The first kappa shape index (κ1) is 11.6. The third kappa shape index (κ3) is 3.05. The second-order valence-electron chi connectivity index (χ2n) is 3.33. The molecule has 1 heterocycles. The van der Waals surface area contributed by atoms with Gasteiger partial charge in [0.25, 0.3) is 5.91 Å². The minimum absolute atomic E-state index is 0.135. The zero-order valence-corrected chi connectivity index (χ0v) is 9.28. The predicted molar refractivity (Wildman–Crippen MR) is 61.0 cm³/mol. The van der Waals surface area contributed by atoms with Gasteiger partial charge >= 0.3 is 0 Å². The number of rotatable bonds is 4. The summed E-state index contributed by atoms with van der Waals surface area (Å²) in [6, 6.07) is 8.49. The number of hydrogen-bond donors (Lipinski definition) is 1. The van der Waals surface area contributed by atoms with E-state index in [1.807, 2.05) is 6.07 Å². The molecule has 0 bridgehead atoms. The molecule has 0 saturated carbocycles. The first-order chi connectivity index (χ1) is 8.78. The Morgan fingerprint density at radius 2 is 2.00 bits per heavy atom. The number of nitriles is 1.